The van der Waals surface area contributed by atoms with Crippen molar-refractivity contribution in [2.24, 2.45) is 0 Å². The van der Waals surface area contributed by atoms with Gasteiger partial charge < -0.3 is 4.57 Å². The highest BCUT2D eigenvalue weighted by Gasteiger charge is 2.20. The molecule has 5 nitrogen and oxygen atoms in total. The van der Waals surface area contributed by atoms with Gasteiger partial charge in [0.05, 0.1) is 44.4 Å². The first kappa shape index (κ1) is 22.9. The van der Waals surface area contributed by atoms with E-state index in [1.807, 2.05) is 24.3 Å². The van der Waals surface area contributed by atoms with Crippen LogP contribution in [-0.2, 0) is 0 Å². The Balaban J connectivity index is 1.42. The number of imidazole rings is 1. The molecule has 4 aromatic heterocycles. The highest BCUT2D eigenvalue weighted by Crippen LogP contribution is 2.40. The maximum Gasteiger partial charge on any atom is 0.148 e. The SMILES string of the molecule is c1ccc(-c2ccc(-c3ncnc4ccccc34)cc2-n2c3ccccc3c3c2ccn2c4ccccc4nc32)cc1. The van der Waals surface area contributed by atoms with E-state index in [1.54, 1.807) is 6.33 Å². The van der Waals surface area contributed by atoms with Crippen molar-refractivity contribution < 1.29 is 0 Å². The minimum absolute atomic E-state index is 0.920. The van der Waals surface area contributed by atoms with E-state index in [2.05, 4.69) is 123 Å². The summed E-state index contributed by atoms with van der Waals surface area (Å²) in [6.45, 7) is 0. The second-order valence-corrected chi connectivity index (χ2v) is 10.6. The van der Waals surface area contributed by atoms with Gasteiger partial charge in [0.2, 0.25) is 0 Å². The van der Waals surface area contributed by atoms with Crippen LogP contribution in [0.5, 0.6) is 0 Å². The van der Waals surface area contributed by atoms with Crippen LogP contribution < -0.4 is 0 Å². The predicted octanol–water partition coefficient (Wildman–Crippen LogP) is 8.86. The number of rotatable bonds is 3. The van der Waals surface area contributed by atoms with Gasteiger partial charge in [-0.3, -0.25) is 4.40 Å². The normalized spacial score (nSPS) is 11.8. The molecule has 0 spiro atoms. The molecule has 0 atom stereocenters. The van der Waals surface area contributed by atoms with E-state index in [1.165, 1.54) is 5.39 Å². The zero-order valence-corrected chi connectivity index (χ0v) is 22.5. The van der Waals surface area contributed by atoms with Gasteiger partial charge in [0.15, 0.2) is 0 Å². The summed E-state index contributed by atoms with van der Waals surface area (Å²) in [6, 6.07) is 44.6. The smallest absolute Gasteiger partial charge is 0.148 e. The van der Waals surface area contributed by atoms with Gasteiger partial charge in [0, 0.05) is 28.1 Å². The fraction of sp³-hybridized carbons (Fsp3) is 0. The molecule has 9 aromatic rings. The van der Waals surface area contributed by atoms with E-state index < -0.39 is 0 Å². The van der Waals surface area contributed by atoms with Crippen molar-refractivity contribution in [3.63, 3.8) is 0 Å². The summed E-state index contributed by atoms with van der Waals surface area (Å²) < 4.78 is 4.59. The molecule has 5 heteroatoms. The van der Waals surface area contributed by atoms with Crippen molar-refractivity contribution in [3.05, 3.63) is 140 Å². The summed E-state index contributed by atoms with van der Waals surface area (Å²) in [6.07, 6.45) is 3.80. The van der Waals surface area contributed by atoms with E-state index in [4.69, 9.17) is 9.97 Å². The van der Waals surface area contributed by atoms with Gasteiger partial charge in [-0.15, -0.1) is 0 Å². The number of pyridine rings is 1. The zero-order chi connectivity index (χ0) is 27.6. The molecule has 0 aliphatic rings. The first-order valence-corrected chi connectivity index (χ1v) is 14.0. The summed E-state index contributed by atoms with van der Waals surface area (Å²) in [4.78, 5) is 14.4. The molecule has 0 radical (unpaired) electrons. The van der Waals surface area contributed by atoms with Crippen LogP contribution in [0.15, 0.2) is 140 Å². The Hall–Kier alpha value is -5.81. The maximum absolute atomic E-state index is 5.11. The molecule has 0 aliphatic heterocycles. The number of fused-ring (bicyclic) bond motifs is 8. The molecule has 0 N–H and O–H groups in total. The molecule has 0 aliphatic carbocycles. The van der Waals surface area contributed by atoms with Crippen molar-refractivity contribution >= 4 is 49.4 Å². The van der Waals surface area contributed by atoms with Crippen LogP contribution in [0, 0.1) is 0 Å². The first-order valence-electron chi connectivity index (χ1n) is 14.0. The lowest BCUT2D eigenvalue weighted by atomic mass is 9.98. The van der Waals surface area contributed by atoms with Gasteiger partial charge >= 0.3 is 0 Å². The third-order valence-electron chi connectivity index (χ3n) is 8.25. The monoisotopic (exact) mass is 537 g/mol. The Bertz CT molecular complexity index is 2460. The van der Waals surface area contributed by atoms with Crippen LogP contribution in [0.4, 0.5) is 0 Å². The molecule has 0 unspecified atom stereocenters. The van der Waals surface area contributed by atoms with Crippen molar-refractivity contribution in [2.75, 3.05) is 0 Å². The summed E-state index contributed by atoms with van der Waals surface area (Å²) in [7, 11) is 0. The molecule has 0 amide bonds. The van der Waals surface area contributed by atoms with E-state index in [0.29, 0.717) is 0 Å². The van der Waals surface area contributed by atoms with Crippen molar-refractivity contribution in [1.29, 1.82) is 0 Å². The highest BCUT2D eigenvalue weighted by molar-refractivity contribution is 6.16. The number of nitrogens with zero attached hydrogens (tertiary/aromatic N) is 5. The first-order chi connectivity index (χ1) is 20.8. The Labute approximate surface area is 241 Å². The van der Waals surface area contributed by atoms with Crippen LogP contribution in [0.3, 0.4) is 0 Å². The minimum Gasteiger partial charge on any atom is -0.308 e. The molecule has 5 aromatic carbocycles. The van der Waals surface area contributed by atoms with Gasteiger partial charge in [-0.25, -0.2) is 15.0 Å². The van der Waals surface area contributed by atoms with Crippen molar-refractivity contribution in [2.45, 2.75) is 0 Å². The maximum atomic E-state index is 5.11. The van der Waals surface area contributed by atoms with E-state index in [9.17, 15) is 0 Å². The standard InChI is InChI=1S/C37H23N5/c1-2-10-24(11-3-1)26-19-18-25(36-27-12-4-6-14-29(27)38-23-39-36)22-34(26)42-31-16-8-5-13-28(31)35-33(42)20-21-41-32-17-9-7-15-30(32)40-37(35)41/h1-23H. The van der Waals surface area contributed by atoms with Crippen LogP contribution in [0.25, 0.3) is 77.5 Å². The van der Waals surface area contributed by atoms with Crippen LogP contribution >= 0.6 is 0 Å². The van der Waals surface area contributed by atoms with Crippen molar-refractivity contribution in [3.8, 4) is 28.1 Å². The Kier molecular flexibility index (Phi) is 4.83. The summed E-state index contributed by atoms with van der Waals surface area (Å²) in [5.41, 5.74) is 11.6. The second-order valence-electron chi connectivity index (χ2n) is 10.6. The minimum atomic E-state index is 0.920. The number of para-hydroxylation sites is 4. The van der Waals surface area contributed by atoms with Crippen LogP contribution in [-0.4, -0.2) is 23.9 Å². The van der Waals surface area contributed by atoms with Gasteiger partial charge in [0.1, 0.15) is 12.0 Å². The molecular formula is C37H23N5. The summed E-state index contributed by atoms with van der Waals surface area (Å²) >= 11 is 0. The summed E-state index contributed by atoms with van der Waals surface area (Å²) in [5, 5.41) is 3.35. The van der Waals surface area contributed by atoms with Crippen LogP contribution in [0.1, 0.15) is 0 Å². The van der Waals surface area contributed by atoms with E-state index in [0.717, 1.165) is 72.1 Å². The fourth-order valence-electron chi connectivity index (χ4n) is 6.39. The lowest BCUT2D eigenvalue weighted by molar-refractivity contribution is 1.16. The lowest BCUT2D eigenvalue weighted by Crippen LogP contribution is -1.99. The average molecular weight is 538 g/mol. The van der Waals surface area contributed by atoms with E-state index >= 15 is 0 Å². The van der Waals surface area contributed by atoms with Gasteiger partial charge in [0.25, 0.3) is 0 Å². The molecule has 0 fully saturated rings. The number of hydrogen-bond donors (Lipinski definition) is 0. The number of hydrogen-bond acceptors (Lipinski definition) is 3. The Morgan fingerprint density at radius 1 is 0.524 bits per heavy atom. The van der Waals surface area contributed by atoms with Gasteiger partial charge in [-0.05, 0) is 42.0 Å². The average Bonchev–Trinajstić information content (AvgIpc) is 3.60. The van der Waals surface area contributed by atoms with E-state index in [-0.39, 0.29) is 0 Å². The Morgan fingerprint density at radius 3 is 2.14 bits per heavy atom. The Morgan fingerprint density at radius 2 is 1.26 bits per heavy atom. The molecule has 9 rings (SSSR count). The molecule has 0 saturated heterocycles. The molecular weight excluding hydrogens is 514 g/mol. The third kappa shape index (κ3) is 3.28. The van der Waals surface area contributed by atoms with Crippen LogP contribution in [0.2, 0.25) is 0 Å². The predicted molar refractivity (Wildman–Crippen MR) is 171 cm³/mol. The molecule has 196 valence electrons. The molecule has 0 bridgehead atoms. The fourth-order valence-corrected chi connectivity index (χ4v) is 6.39. The number of benzene rings is 5. The lowest BCUT2D eigenvalue weighted by Gasteiger charge is -2.16. The third-order valence-corrected chi connectivity index (χ3v) is 8.25. The topological polar surface area (TPSA) is 48.0 Å². The zero-order valence-electron chi connectivity index (χ0n) is 22.5. The largest absolute Gasteiger partial charge is 0.308 e. The van der Waals surface area contributed by atoms with Crippen molar-refractivity contribution in [1.82, 2.24) is 23.9 Å². The van der Waals surface area contributed by atoms with Gasteiger partial charge in [-0.2, -0.15) is 0 Å². The quantitative estimate of drug-likeness (QED) is 0.226. The molecule has 4 heterocycles. The summed E-state index contributed by atoms with van der Waals surface area (Å²) in [5.74, 6) is 0. The number of aromatic nitrogens is 5. The molecule has 42 heavy (non-hydrogen) atoms. The van der Waals surface area contributed by atoms with Gasteiger partial charge in [-0.1, -0.05) is 91.0 Å². The highest BCUT2D eigenvalue weighted by atomic mass is 15.0. The second kappa shape index (κ2) is 8.85. The molecule has 0 saturated carbocycles.